The Hall–Kier alpha value is -1.26. The zero-order valence-corrected chi connectivity index (χ0v) is 11.8. The topological polar surface area (TPSA) is 61.4 Å². The molecule has 2 N–H and O–H groups in total. The van der Waals surface area contributed by atoms with E-state index in [4.69, 9.17) is 0 Å². The van der Waals surface area contributed by atoms with E-state index in [0.29, 0.717) is 0 Å². The predicted molar refractivity (Wildman–Crippen MR) is 73.8 cm³/mol. The van der Waals surface area contributed by atoms with Crippen molar-refractivity contribution in [3.63, 3.8) is 0 Å². The van der Waals surface area contributed by atoms with E-state index < -0.39 is 6.04 Å². The fourth-order valence-corrected chi connectivity index (χ4v) is 2.94. The van der Waals surface area contributed by atoms with Gasteiger partial charge in [-0.2, -0.15) is 0 Å². The number of carbonyl (C=O) groups excluding carboxylic acids is 2. The van der Waals surface area contributed by atoms with Crippen LogP contribution in [0.2, 0.25) is 0 Å². The van der Waals surface area contributed by atoms with Crippen molar-refractivity contribution >= 4 is 11.9 Å². The molecule has 5 nitrogen and oxygen atoms in total. The van der Waals surface area contributed by atoms with Gasteiger partial charge >= 0.3 is 6.03 Å². The van der Waals surface area contributed by atoms with Crippen molar-refractivity contribution in [2.45, 2.75) is 64.0 Å². The Balaban J connectivity index is 1.72. The van der Waals surface area contributed by atoms with Crippen molar-refractivity contribution in [1.29, 1.82) is 0 Å². The van der Waals surface area contributed by atoms with Gasteiger partial charge in [-0.15, -0.1) is 0 Å². The van der Waals surface area contributed by atoms with E-state index >= 15 is 0 Å². The fraction of sp³-hybridized carbons (Fsp3) is 0.857. The first kappa shape index (κ1) is 14.2. The summed E-state index contributed by atoms with van der Waals surface area (Å²) in [5.41, 5.74) is 0. The molecule has 19 heavy (non-hydrogen) atoms. The van der Waals surface area contributed by atoms with Crippen molar-refractivity contribution in [3.8, 4) is 0 Å². The maximum Gasteiger partial charge on any atom is 0.315 e. The van der Waals surface area contributed by atoms with Gasteiger partial charge in [0.1, 0.15) is 6.04 Å². The van der Waals surface area contributed by atoms with Crippen LogP contribution in [-0.4, -0.2) is 42.0 Å². The molecule has 5 heteroatoms. The quantitative estimate of drug-likeness (QED) is 0.816. The van der Waals surface area contributed by atoms with Gasteiger partial charge in [0.25, 0.3) is 0 Å². The van der Waals surface area contributed by atoms with Crippen molar-refractivity contribution in [1.82, 2.24) is 15.5 Å². The smallest absolute Gasteiger partial charge is 0.315 e. The van der Waals surface area contributed by atoms with Crippen LogP contribution < -0.4 is 10.6 Å². The minimum Gasteiger partial charge on any atom is -0.341 e. The Morgan fingerprint density at radius 1 is 1.05 bits per heavy atom. The summed E-state index contributed by atoms with van der Waals surface area (Å²) in [6, 6.07) is -0.350. The molecule has 1 heterocycles. The zero-order valence-electron chi connectivity index (χ0n) is 11.8. The number of amides is 3. The molecule has 1 aliphatic heterocycles. The minimum atomic E-state index is -0.429. The average molecular weight is 267 g/mol. The maximum absolute atomic E-state index is 12.1. The molecule has 0 spiro atoms. The molecular formula is C14H25N3O2. The second-order valence-corrected chi connectivity index (χ2v) is 5.71. The van der Waals surface area contributed by atoms with Crippen LogP contribution in [0.1, 0.15) is 51.9 Å². The molecule has 108 valence electrons. The van der Waals surface area contributed by atoms with Crippen molar-refractivity contribution in [3.05, 3.63) is 0 Å². The third-order valence-corrected chi connectivity index (χ3v) is 4.08. The summed E-state index contributed by atoms with van der Waals surface area (Å²) in [6.07, 6.45) is 7.91. The van der Waals surface area contributed by atoms with Gasteiger partial charge in [0, 0.05) is 19.1 Å². The Kier molecular flexibility index (Phi) is 5.05. The Bertz CT molecular complexity index is 321. The fourth-order valence-electron chi connectivity index (χ4n) is 2.94. The molecule has 1 atom stereocenters. The second kappa shape index (κ2) is 6.78. The van der Waals surface area contributed by atoms with Crippen LogP contribution in [0.4, 0.5) is 4.79 Å². The number of hydrogen-bond acceptors (Lipinski definition) is 2. The van der Waals surface area contributed by atoms with Crippen molar-refractivity contribution < 1.29 is 9.59 Å². The van der Waals surface area contributed by atoms with Gasteiger partial charge in [-0.3, -0.25) is 4.79 Å². The van der Waals surface area contributed by atoms with Gasteiger partial charge < -0.3 is 15.5 Å². The highest BCUT2D eigenvalue weighted by Gasteiger charge is 2.25. The molecular weight excluding hydrogens is 242 g/mol. The SMILES string of the molecule is CC(NC(=O)NC1CCCCC1)C(=O)N1CCCC1. The summed E-state index contributed by atoms with van der Waals surface area (Å²) in [5, 5.41) is 5.74. The summed E-state index contributed by atoms with van der Waals surface area (Å²) in [4.78, 5) is 25.7. The summed E-state index contributed by atoms with van der Waals surface area (Å²) in [7, 11) is 0. The van der Waals surface area contributed by atoms with E-state index in [1.54, 1.807) is 6.92 Å². The van der Waals surface area contributed by atoms with E-state index in [9.17, 15) is 9.59 Å². The molecule has 2 fully saturated rings. The number of hydrogen-bond donors (Lipinski definition) is 2. The average Bonchev–Trinajstić information content (AvgIpc) is 2.92. The number of carbonyl (C=O) groups is 2. The van der Waals surface area contributed by atoms with Crippen LogP contribution >= 0.6 is 0 Å². The monoisotopic (exact) mass is 267 g/mol. The lowest BCUT2D eigenvalue weighted by Crippen LogP contribution is -2.51. The third-order valence-electron chi connectivity index (χ3n) is 4.08. The van der Waals surface area contributed by atoms with Gasteiger partial charge in [0.05, 0.1) is 0 Å². The Morgan fingerprint density at radius 2 is 1.68 bits per heavy atom. The number of rotatable bonds is 3. The number of urea groups is 1. The molecule has 0 aromatic carbocycles. The Morgan fingerprint density at radius 3 is 2.32 bits per heavy atom. The highest BCUT2D eigenvalue weighted by atomic mass is 16.2. The van der Waals surface area contributed by atoms with Gasteiger partial charge in [-0.1, -0.05) is 19.3 Å². The lowest BCUT2D eigenvalue weighted by atomic mass is 9.96. The predicted octanol–water partition coefficient (Wildman–Crippen LogP) is 1.63. The minimum absolute atomic E-state index is 0.0382. The van der Waals surface area contributed by atoms with E-state index in [1.807, 2.05) is 4.90 Å². The molecule has 1 unspecified atom stereocenters. The molecule has 1 aliphatic carbocycles. The van der Waals surface area contributed by atoms with Gasteiger partial charge in [0.15, 0.2) is 0 Å². The van der Waals surface area contributed by atoms with Gasteiger partial charge in [-0.25, -0.2) is 4.79 Å². The summed E-state index contributed by atoms with van der Waals surface area (Å²) in [5.74, 6) is 0.0382. The van der Waals surface area contributed by atoms with Crippen LogP contribution in [0.15, 0.2) is 0 Å². The zero-order chi connectivity index (χ0) is 13.7. The van der Waals surface area contributed by atoms with E-state index in [2.05, 4.69) is 10.6 Å². The standard InChI is InChI=1S/C14H25N3O2/c1-11(13(18)17-9-5-6-10-17)15-14(19)16-12-7-3-2-4-8-12/h11-12H,2-10H2,1H3,(H2,15,16,19). The van der Waals surface area contributed by atoms with Crippen molar-refractivity contribution in [2.75, 3.05) is 13.1 Å². The first-order chi connectivity index (χ1) is 9.16. The Labute approximate surface area is 115 Å². The third kappa shape index (κ3) is 4.11. The normalized spacial score (nSPS) is 22.1. The van der Waals surface area contributed by atoms with Gasteiger partial charge in [0.2, 0.25) is 5.91 Å². The first-order valence-corrected chi connectivity index (χ1v) is 7.52. The molecule has 2 rings (SSSR count). The lowest BCUT2D eigenvalue weighted by Gasteiger charge is -2.25. The molecule has 0 aromatic heterocycles. The molecule has 3 amide bonds. The first-order valence-electron chi connectivity index (χ1n) is 7.52. The van der Waals surface area contributed by atoms with Crippen LogP contribution in [0.3, 0.4) is 0 Å². The van der Waals surface area contributed by atoms with Crippen molar-refractivity contribution in [2.24, 2.45) is 0 Å². The molecule has 0 aromatic rings. The summed E-state index contributed by atoms with van der Waals surface area (Å²) < 4.78 is 0. The van der Waals surface area contributed by atoms with E-state index in [0.717, 1.165) is 38.8 Å². The van der Waals surface area contributed by atoms with Crippen LogP contribution in [0.25, 0.3) is 0 Å². The lowest BCUT2D eigenvalue weighted by molar-refractivity contribution is -0.131. The van der Waals surface area contributed by atoms with E-state index in [-0.39, 0.29) is 18.0 Å². The molecule has 0 bridgehead atoms. The second-order valence-electron chi connectivity index (χ2n) is 5.71. The van der Waals surface area contributed by atoms with Crippen LogP contribution in [-0.2, 0) is 4.79 Å². The molecule has 1 saturated carbocycles. The van der Waals surface area contributed by atoms with Crippen LogP contribution in [0.5, 0.6) is 0 Å². The highest BCUT2D eigenvalue weighted by Crippen LogP contribution is 2.17. The molecule has 0 radical (unpaired) electrons. The summed E-state index contributed by atoms with van der Waals surface area (Å²) in [6.45, 7) is 3.42. The highest BCUT2D eigenvalue weighted by molar-refractivity contribution is 5.86. The maximum atomic E-state index is 12.1. The molecule has 2 aliphatic rings. The van der Waals surface area contributed by atoms with Crippen LogP contribution in [0, 0.1) is 0 Å². The number of nitrogens with one attached hydrogen (secondary N) is 2. The number of likely N-dealkylation sites (tertiary alicyclic amines) is 1. The molecule has 1 saturated heterocycles. The van der Waals surface area contributed by atoms with E-state index in [1.165, 1.54) is 19.3 Å². The largest absolute Gasteiger partial charge is 0.341 e. The van der Waals surface area contributed by atoms with Gasteiger partial charge in [-0.05, 0) is 32.6 Å². The number of nitrogens with zero attached hydrogens (tertiary/aromatic N) is 1. The summed E-state index contributed by atoms with van der Waals surface area (Å²) >= 11 is 0.